The van der Waals surface area contributed by atoms with Gasteiger partial charge in [-0.15, -0.1) is 0 Å². The van der Waals surface area contributed by atoms with Crippen LogP contribution in [-0.2, 0) is 23.1 Å². The Morgan fingerprint density at radius 1 is 1.28 bits per heavy atom. The number of carbonyl (C=O) groups excluding carboxylic acids is 1. The summed E-state index contributed by atoms with van der Waals surface area (Å²) in [7, 11) is -3.31. The van der Waals surface area contributed by atoms with Crippen LogP contribution in [-0.4, -0.2) is 25.6 Å². The van der Waals surface area contributed by atoms with Gasteiger partial charge in [-0.1, -0.05) is 17.7 Å². The summed E-state index contributed by atoms with van der Waals surface area (Å²) in [6.07, 6.45) is 2.57. The number of hydrogen-bond donors (Lipinski definition) is 2. The first-order valence-electron chi connectivity index (χ1n) is 7.28. The van der Waals surface area contributed by atoms with E-state index in [0.29, 0.717) is 16.8 Å². The SMILES string of the molecule is Cc1ccc(F)c(C(=O)NCc2cc(CNS(C)(=O)=O)ccn2)c1Cl. The zero-order valence-electron chi connectivity index (χ0n) is 13.6. The summed E-state index contributed by atoms with van der Waals surface area (Å²) in [6.45, 7) is 1.84. The number of nitrogens with one attached hydrogen (secondary N) is 2. The number of nitrogens with zero attached hydrogens (tertiary/aromatic N) is 1. The molecule has 2 N–H and O–H groups in total. The van der Waals surface area contributed by atoms with Crippen molar-refractivity contribution in [2.24, 2.45) is 0 Å². The molecule has 0 atom stereocenters. The van der Waals surface area contributed by atoms with E-state index in [1.807, 2.05) is 0 Å². The Balaban J connectivity index is 2.07. The minimum absolute atomic E-state index is 0.0509. The Morgan fingerprint density at radius 2 is 2.00 bits per heavy atom. The van der Waals surface area contributed by atoms with Gasteiger partial charge in [0.15, 0.2) is 0 Å². The Morgan fingerprint density at radius 3 is 2.68 bits per heavy atom. The molecule has 2 rings (SSSR count). The summed E-state index contributed by atoms with van der Waals surface area (Å²) >= 11 is 6.00. The molecule has 0 saturated carbocycles. The van der Waals surface area contributed by atoms with Crippen molar-refractivity contribution >= 4 is 27.5 Å². The van der Waals surface area contributed by atoms with Crippen molar-refractivity contribution in [3.05, 3.63) is 63.7 Å². The lowest BCUT2D eigenvalue weighted by Gasteiger charge is -2.10. The standard InChI is InChI=1S/C16H17ClFN3O3S/c1-10-3-4-13(18)14(15(10)17)16(22)20-9-12-7-11(5-6-19-12)8-21-25(2,23)24/h3-7,21H,8-9H2,1-2H3,(H,20,22). The molecule has 25 heavy (non-hydrogen) atoms. The minimum Gasteiger partial charge on any atom is -0.346 e. The topological polar surface area (TPSA) is 88.2 Å². The van der Waals surface area contributed by atoms with Crippen molar-refractivity contribution in [2.45, 2.75) is 20.0 Å². The highest BCUT2D eigenvalue weighted by Crippen LogP contribution is 2.23. The van der Waals surface area contributed by atoms with E-state index in [9.17, 15) is 17.6 Å². The van der Waals surface area contributed by atoms with Crippen LogP contribution >= 0.6 is 11.6 Å². The van der Waals surface area contributed by atoms with Gasteiger partial charge in [-0.2, -0.15) is 0 Å². The lowest BCUT2D eigenvalue weighted by Crippen LogP contribution is -2.25. The largest absolute Gasteiger partial charge is 0.346 e. The van der Waals surface area contributed by atoms with E-state index in [2.05, 4.69) is 15.0 Å². The Hall–Kier alpha value is -2.03. The number of amides is 1. The van der Waals surface area contributed by atoms with Gasteiger partial charge in [0, 0.05) is 12.7 Å². The fourth-order valence-corrected chi connectivity index (χ4v) is 2.74. The second-order valence-electron chi connectivity index (χ2n) is 5.48. The van der Waals surface area contributed by atoms with Crippen LogP contribution in [0.2, 0.25) is 5.02 Å². The highest BCUT2D eigenvalue weighted by Gasteiger charge is 2.17. The number of carbonyl (C=O) groups is 1. The monoisotopic (exact) mass is 385 g/mol. The average Bonchev–Trinajstić information content (AvgIpc) is 2.55. The summed E-state index contributed by atoms with van der Waals surface area (Å²) in [5, 5.41) is 2.63. The van der Waals surface area contributed by atoms with Crippen LogP contribution in [0.1, 0.15) is 27.2 Å². The smallest absolute Gasteiger partial charge is 0.256 e. The number of aryl methyl sites for hydroxylation is 1. The van der Waals surface area contributed by atoms with Crippen LogP contribution in [0.15, 0.2) is 30.5 Å². The van der Waals surface area contributed by atoms with E-state index in [0.717, 1.165) is 6.26 Å². The highest BCUT2D eigenvalue weighted by atomic mass is 35.5. The fourth-order valence-electron chi connectivity index (χ4n) is 2.07. The Labute approximate surface area is 150 Å². The number of pyridine rings is 1. The van der Waals surface area contributed by atoms with E-state index in [1.165, 1.54) is 18.3 Å². The summed E-state index contributed by atoms with van der Waals surface area (Å²) < 4.78 is 38.5. The molecule has 0 bridgehead atoms. The van der Waals surface area contributed by atoms with Crippen molar-refractivity contribution in [1.82, 2.24) is 15.0 Å². The van der Waals surface area contributed by atoms with Crippen molar-refractivity contribution in [3.63, 3.8) is 0 Å². The van der Waals surface area contributed by atoms with E-state index in [1.54, 1.807) is 19.1 Å². The van der Waals surface area contributed by atoms with Crippen molar-refractivity contribution < 1.29 is 17.6 Å². The van der Waals surface area contributed by atoms with Gasteiger partial charge >= 0.3 is 0 Å². The first-order chi connectivity index (χ1) is 11.7. The van der Waals surface area contributed by atoms with Crippen LogP contribution in [0, 0.1) is 12.7 Å². The van der Waals surface area contributed by atoms with Gasteiger partial charge in [-0.3, -0.25) is 9.78 Å². The molecule has 6 nitrogen and oxygen atoms in total. The number of sulfonamides is 1. The molecular weight excluding hydrogens is 369 g/mol. The van der Waals surface area contributed by atoms with Crippen molar-refractivity contribution in [3.8, 4) is 0 Å². The molecule has 0 aliphatic heterocycles. The third-order valence-corrected chi connectivity index (χ3v) is 4.52. The predicted octanol–water partition coefficient (Wildman–Crippen LogP) is 2.16. The first-order valence-corrected chi connectivity index (χ1v) is 9.55. The molecule has 1 aromatic heterocycles. The molecule has 134 valence electrons. The summed E-state index contributed by atoms with van der Waals surface area (Å²) in [5.41, 5.74) is 1.58. The number of benzene rings is 1. The third kappa shape index (κ3) is 5.48. The molecule has 0 unspecified atom stereocenters. The molecule has 0 aliphatic carbocycles. The van der Waals surface area contributed by atoms with Gasteiger partial charge in [0.2, 0.25) is 10.0 Å². The van der Waals surface area contributed by atoms with Gasteiger partial charge in [-0.25, -0.2) is 17.5 Å². The number of hydrogen-bond acceptors (Lipinski definition) is 4. The zero-order valence-corrected chi connectivity index (χ0v) is 15.2. The van der Waals surface area contributed by atoms with Gasteiger partial charge in [0.05, 0.1) is 29.1 Å². The van der Waals surface area contributed by atoms with Crippen LogP contribution in [0.5, 0.6) is 0 Å². The summed E-state index contributed by atoms with van der Waals surface area (Å²) in [5.74, 6) is -1.35. The molecule has 0 aliphatic rings. The molecule has 0 saturated heterocycles. The first kappa shape index (κ1) is 19.3. The second kappa shape index (κ2) is 7.90. The molecule has 1 amide bonds. The third-order valence-electron chi connectivity index (χ3n) is 3.36. The molecular formula is C16H17ClFN3O3S. The quantitative estimate of drug-likeness (QED) is 0.797. The molecule has 1 heterocycles. The predicted molar refractivity (Wildman–Crippen MR) is 93.2 cm³/mol. The normalized spacial score (nSPS) is 11.4. The van der Waals surface area contributed by atoms with E-state index < -0.39 is 21.7 Å². The zero-order chi connectivity index (χ0) is 18.6. The molecule has 0 fully saturated rings. The Kier molecular flexibility index (Phi) is 6.10. The highest BCUT2D eigenvalue weighted by molar-refractivity contribution is 7.88. The van der Waals surface area contributed by atoms with Gasteiger partial charge in [0.25, 0.3) is 5.91 Å². The Bertz CT molecular complexity index is 903. The number of halogens is 2. The lowest BCUT2D eigenvalue weighted by molar-refractivity contribution is 0.0946. The van der Waals surface area contributed by atoms with Crippen LogP contribution in [0.3, 0.4) is 0 Å². The number of aromatic nitrogens is 1. The van der Waals surface area contributed by atoms with Crippen LogP contribution in [0.25, 0.3) is 0 Å². The van der Waals surface area contributed by atoms with Crippen LogP contribution < -0.4 is 10.0 Å². The minimum atomic E-state index is -3.31. The lowest BCUT2D eigenvalue weighted by atomic mass is 10.1. The van der Waals surface area contributed by atoms with Gasteiger partial charge in [-0.05, 0) is 36.2 Å². The van der Waals surface area contributed by atoms with Crippen molar-refractivity contribution in [2.75, 3.05) is 6.26 Å². The molecule has 1 aromatic carbocycles. The maximum absolute atomic E-state index is 13.9. The molecule has 9 heteroatoms. The summed E-state index contributed by atoms with van der Waals surface area (Å²) in [6, 6.07) is 5.98. The van der Waals surface area contributed by atoms with E-state index in [-0.39, 0.29) is 23.7 Å². The fraction of sp³-hybridized carbons (Fsp3) is 0.250. The van der Waals surface area contributed by atoms with E-state index >= 15 is 0 Å². The van der Waals surface area contributed by atoms with Crippen molar-refractivity contribution in [1.29, 1.82) is 0 Å². The van der Waals surface area contributed by atoms with E-state index in [4.69, 9.17) is 11.6 Å². The molecule has 0 radical (unpaired) electrons. The number of rotatable bonds is 6. The second-order valence-corrected chi connectivity index (χ2v) is 7.70. The average molecular weight is 386 g/mol. The summed E-state index contributed by atoms with van der Waals surface area (Å²) in [4.78, 5) is 16.3. The maximum Gasteiger partial charge on any atom is 0.256 e. The van der Waals surface area contributed by atoms with Crippen LogP contribution in [0.4, 0.5) is 4.39 Å². The molecule has 0 spiro atoms. The maximum atomic E-state index is 13.9. The molecule has 2 aromatic rings. The van der Waals surface area contributed by atoms with Gasteiger partial charge < -0.3 is 5.32 Å². The van der Waals surface area contributed by atoms with Gasteiger partial charge in [0.1, 0.15) is 5.82 Å².